The van der Waals surface area contributed by atoms with Crippen LogP contribution in [0.5, 0.6) is 11.6 Å². The van der Waals surface area contributed by atoms with Crippen LogP contribution in [0.3, 0.4) is 0 Å². The highest BCUT2D eigenvalue weighted by atomic mass is 32.2. The molecule has 2 aromatic rings. The van der Waals surface area contributed by atoms with Crippen LogP contribution in [0, 0.1) is 0 Å². The van der Waals surface area contributed by atoms with Crippen LogP contribution in [-0.2, 0) is 10.0 Å². The number of anilines is 1. The van der Waals surface area contributed by atoms with Gasteiger partial charge < -0.3 is 14.8 Å². The number of methoxy groups -OCH3 is 1. The van der Waals surface area contributed by atoms with Crippen LogP contribution in [0.2, 0.25) is 0 Å². The Bertz CT molecular complexity index is 947. The van der Waals surface area contributed by atoms with Crippen molar-refractivity contribution in [3.05, 3.63) is 42.1 Å². The van der Waals surface area contributed by atoms with Gasteiger partial charge in [0.25, 0.3) is 5.91 Å². The minimum atomic E-state index is -4.49. The molecular weight excluding hydrogens is 403 g/mol. The summed E-state index contributed by atoms with van der Waals surface area (Å²) in [5, 5.41) is 2.46. The number of nitrogens with one attached hydrogen (secondary N) is 2. The molecule has 0 unspecified atom stereocenters. The third-order valence-electron chi connectivity index (χ3n) is 3.36. The Kier molecular flexibility index (Phi) is 6.46. The van der Waals surface area contributed by atoms with E-state index in [2.05, 4.69) is 19.8 Å². The van der Waals surface area contributed by atoms with Crippen molar-refractivity contribution in [2.24, 2.45) is 0 Å². The molecule has 0 aliphatic rings. The molecule has 12 heteroatoms. The van der Waals surface area contributed by atoms with Gasteiger partial charge in [0.05, 0.1) is 19.0 Å². The van der Waals surface area contributed by atoms with Crippen molar-refractivity contribution in [1.82, 2.24) is 9.71 Å². The second-order valence-electron chi connectivity index (χ2n) is 5.32. The zero-order chi connectivity index (χ0) is 20.9. The normalized spacial score (nSPS) is 11.8. The topological polar surface area (TPSA) is 107 Å². The molecule has 2 N–H and O–H groups in total. The number of halogens is 3. The van der Waals surface area contributed by atoms with Crippen molar-refractivity contribution in [3.63, 3.8) is 0 Å². The van der Waals surface area contributed by atoms with Gasteiger partial charge in [0.2, 0.25) is 15.9 Å². The first-order chi connectivity index (χ1) is 13.1. The molecule has 1 aromatic carbocycles. The molecule has 0 saturated carbocycles. The molecule has 0 atom stereocenters. The average Bonchev–Trinajstić information content (AvgIpc) is 2.66. The lowest BCUT2D eigenvalue weighted by Crippen LogP contribution is -2.20. The quantitative estimate of drug-likeness (QED) is 0.713. The summed E-state index contributed by atoms with van der Waals surface area (Å²) in [6.45, 7) is -1.49. The third kappa shape index (κ3) is 5.57. The van der Waals surface area contributed by atoms with E-state index < -0.39 is 28.7 Å². The second-order valence-corrected chi connectivity index (χ2v) is 7.17. The number of carbonyl (C=O) groups excluding carboxylic acids is 1. The van der Waals surface area contributed by atoms with Gasteiger partial charge in [0.1, 0.15) is 10.6 Å². The zero-order valence-electron chi connectivity index (χ0n) is 14.7. The predicted octanol–water partition coefficient (Wildman–Crippen LogP) is 2.19. The summed E-state index contributed by atoms with van der Waals surface area (Å²) in [5.74, 6) is -0.859. The molecule has 28 heavy (non-hydrogen) atoms. The lowest BCUT2D eigenvalue weighted by atomic mass is 10.2. The Labute approximate surface area is 158 Å². The molecule has 0 saturated heterocycles. The minimum absolute atomic E-state index is 0.0204. The van der Waals surface area contributed by atoms with E-state index in [1.807, 2.05) is 0 Å². The average molecular weight is 419 g/mol. The molecule has 2 rings (SSSR count). The van der Waals surface area contributed by atoms with Crippen molar-refractivity contribution in [2.45, 2.75) is 11.1 Å². The molecular formula is C16H16F3N3O5S. The van der Waals surface area contributed by atoms with Gasteiger partial charge in [-0.1, -0.05) is 0 Å². The molecule has 0 fully saturated rings. The summed E-state index contributed by atoms with van der Waals surface area (Å²) < 4.78 is 72.0. The molecule has 0 spiro atoms. The van der Waals surface area contributed by atoms with E-state index in [-0.39, 0.29) is 27.8 Å². The first kappa shape index (κ1) is 21.4. The van der Waals surface area contributed by atoms with Gasteiger partial charge >= 0.3 is 6.18 Å². The number of rotatable bonds is 7. The summed E-state index contributed by atoms with van der Waals surface area (Å²) in [4.78, 5) is 15.8. The van der Waals surface area contributed by atoms with Crippen molar-refractivity contribution in [1.29, 1.82) is 0 Å². The second kappa shape index (κ2) is 8.44. The highest BCUT2D eigenvalue weighted by molar-refractivity contribution is 7.89. The summed E-state index contributed by atoms with van der Waals surface area (Å²) in [6.07, 6.45) is -3.38. The van der Waals surface area contributed by atoms with Gasteiger partial charge in [0, 0.05) is 11.6 Å². The van der Waals surface area contributed by atoms with E-state index in [0.717, 1.165) is 18.3 Å². The molecule has 0 aliphatic carbocycles. The molecule has 0 aliphatic heterocycles. The van der Waals surface area contributed by atoms with E-state index in [4.69, 9.17) is 4.74 Å². The fraction of sp³-hybridized carbons (Fsp3) is 0.250. The standard InChI is InChI=1S/C16H16F3N3O5S/c1-20-28(24,25)13-7-10(3-5-12(13)26-2)15(23)22-11-4-6-14(21-8-11)27-9-16(17,18)19/h3-8,20H,9H2,1-2H3,(H,22,23). The molecule has 152 valence electrons. The van der Waals surface area contributed by atoms with Crippen LogP contribution >= 0.6 is 0 Å². The van der Waals surface area contributed by atoms with Crippen molar-refractivity contribution in [2.75, 3.05) is 26.1 Å². The number of amides is 1. The van der Waals surface area contributed by atoms with E-state index in [0.29, 0.717) is 0 Å². The first-order valence-electron chi connectivity index (χ1n) is 7.64. The maximum atomic E-state index is 12.3. The van der Waals surface area contributed by atoms with E-state index in [1.54, 1.807) is 0 Å². The lowest BCUT2D eigenvalue weighted by Gasteiger charge is -2.11. The van der Waals surface area contributed by atoms with Gasteiger partial charge in [-0.2, -0.15) is 13.2 Å². The Balaban J connectivity index is 2.16. The summed E-state index contributed by atoms with van der Waals surface area (Å²) in [5.41, 5.74) is 0.199. The van der Waals surface area contributed by atoms with Gasteiger partial charge in [0.15, 0.2) is 6.61 Å². The van der Waals surface area contributed by atoms with Crippen LogP contribution in [0.1, 0.15) is 10.4 Å². The molecule has 0 radical (unpaired) electrons. The molecule has 1 amide bonds. The van der Waals surface area contributed by atoms with Crippen LogP contribution in [-0.4, -0.2) is 46.2 Å². The maximum absolute atomic E-state index is 12.3. The number of pyridine rings is 1. The molecule has 1 heterocycles. The van der Waals surface area contributed by atoms with Gasteiger partial charge in [-0.15, -0.1) is 0 Å². The Morgan fingerprint density at radius 3 is 2.46 bits per heavy atom. The largest absolute Gasteiger partial charge is 0.495 e. The van der Waals surface area contributed by atoms with Crippen molar-refractivity contribution < 1.29 is 35.9 Å². The van der Waals surface area contributed by atoms with E-state index in [9.17, 15) is 26.4 Å². The van der Waals surface area contributed by atoms with Crippen molar-refractivity contribution in [3.8, 4) is 11.6 Å². The number of sulfonamides is 1. The van der Waals surface area contributed by atoms with Crippen LogP contribution in [0.25, 0.3) is 0 Å². The summed E-state index contributed by atoms with van der Waals surface area (Å²) in [6, 6.07) is 6.27. The zero-order valence-corrected chi connectivity index (χ0v) is 15.5. The van der Waals surface area contributed by atoms with Crippen LogP contribution in [0.15, 0.2) is 41.4 Å². The first-order valence-corrected chi connectivity index (χ1v) is 9.12. The molecule has 8 nitrogen and oxygen atoms in total. The third-order valence-corrected chi connectivity index (χ3v) is 4.80. The number of benzene rings is 1. The number of aromatic nitrogens is 1. The highest BCUT2D eigenvalue weighted by Gasteiger charge is 2.28. The number of carbonyl (C=O) groups is 1. The molecule has 1 aromatic heterocycles. The van der Waals surface area contributed by atoms with Gasteiger partial charge in [-0.3, -0.25) is 4.79 Å². The number of hydrogen-bond donors (Lipinski definition) is 2. The van der Waals surface area contributed by atoms with Crippen LogP contribution in [0.4, 0.5) is 18.9 Å². The maximum Gasteiger partial charge on any atom is 0.422 e. The van der Waals surface area contributed by atoms with Crippen LogP contribution < -0.4 is 19.5 Å². The highest BCUT2D eigenvalue weighted by Crippen LogP contribution is 2.25. The SMILES string of the molecule is CNS(=O)(=O)c1cc(C(=O)Nc2ccc(OCC(F)(F)F)nc2)ccc1OC. The van der Waals surface area contributed by atoms with E-state index in [1.165, 1.54) is 32.4 Å². The minimum Gasteiger partial charge on any atom is -0.495 e. The summed E-state index contributed by atoms with van der Waals surface area (Å²) >= 11 is 0. The Morgan fingerprint density at radius 1 is 1.21 bits per heavy atom. The Morgan fingerprint density at radius 2 is 1.93 bits per heavy atom. The van der Waals surface area contributed by atoms with Gasteiger partial charge in [-0.05, 0) is 31.3 Å². The van der Waals surface area contributed by atoms with E-state index >= 15 is 0 Å². The fourth-order valence-electron chi connectivity index (χ4n) is 2.04. The van der Waals surface area contributed by atoms with Gasteiger partial charge in [-0.25, -0.2) is 18.1 Å². The molecule has 0 bridgehead atoms. The van der Waals surface area contributed by atoms with Crippen molar-refractivity contribution >= 4 is 21.6 Å². The summed E-state index contributed by atoms with van der Waals surface area (Å²) in [7, 11) is -1.36. The number of nitrogens with zero attached hydrogens (tertiary/aromatic N) is 1. The fourth-order valence-corrected chi connectivity index (χ4v) is 2.95. The smallest absolute Gasteiger partial charge is 0.422 e. The predicted molar refractivity (Wildman–Crippen MR) is 93.0 cm³/mol. The lowest BCUT2D eigenvalue weighted by molar-refractivity contribution is -0.154. The number of hydrogen-bond acceptors (Lipinski definition) is 6. The monoisotopic (exact) mass is 419 g/mol. The Hall–Kier alpha value is -2.86. The number of ether oxygens (including phenoxy) is 2. The number of alkyl halides is 3.